The van der Waals surface area contributed by atoms with E-state index in [9.17, 15) is 0 Å². The van der Waals surface area contributed by atoms with Gasteiger partial charge < -0.3 is 4.40 Å². The van der Waals surface area contributed by atoms with Crippen LogP contribution in [0.2, 0.25) is 0 Å². The van der Waals surface area contributed by atoms with E-state index in [1.54, 1.807) is 0 Å². The first kappa shape index (κ1) is 18.1. The van der Waals surface area contributed by atoms with Gasteiger partial charge in [0.15, 0.2) is 0 Å². The maximum absolute atomic E-state index is 4.22. The molecule has 0 fully saturated rings. The summed E-state index contributed by atoms with van der Waals surface area (Å²) >= 11 is 0. The van der Waals surface area contributed by atoms with Crippen molar-refractivity contribution < 1.29 is 0 Å². The van der Waals surface area contributed by atoms with Gasteiger partial charge in [0.2, 0.25) is 0 Å². The van der Waals surface area contributed by atoms with E-state index < -0.39 is 0 Å². The average molecular weight is 236 g/mol. The molecule has 0 saturated carbocycles. The second-order valence-electron chi connectivity index (χ2n) is 2.75. The van der Waals surface area contributed by atoms with Crippen molar-refractivity contribution in [3.05, 3.63) is 35.9 Å². The van der Waals surface area contributed by atoms with Gasteiger partial charge in [0.1, 0.15) is 5.82 Å². The van der Waals surface area contributed by atoms with Crippen molar-refractivity contribution in [2.75, 3.05) is 0 Å². The Labute approximate surface area is 107 Å². The SMILES string of the molecule is CC.CC.CC.Cc1cccn2c(C)ncc12. The Bertz CT molecular complexity index is 389. The molecule has 0 spiro atoms. The van der Waals surface area contributed by atoms with Gasteiger partial charge in [0.25, 0.3) is 0 Å². The van der Waals surface area contributed by atoms with Crippen LogP contribution in [0.1, 0.15) is 52.9 Å². The molecule has 0 saturated heterocycles. The van der Waals surface area contributed by atoms with Gasteiger partial charge in [-0.05, 0) is 25.5 Å². The Kier molecular flexibility index (Phi) is 11.9. The van der Waals surface area contributed by atoms with Crippen molar-refractivity contribution in [3.8, 4) is 0 Å². The standard InChI is InChI=1S/C9H10N2.3C2H6/c1-7-4-3-5-11-8(2)10-6-9(7)11;3*1-2/h3-6H,1-2H3;3*1-2H3. The molecule has 2 heteroatoms. The van der Waals surface area contributed by atoms with Crippen molar-refractivity contribution >= 4 is 5.52 Å². The minimum Gasteiger partial charge on any atom is -0.304 e. The number of nitrogens with zero attached hydrogens (tertiary/aromatic N) is 2. The third kappa shape index (κ3) is 5.03. The highest BCUT2D eigenvalue weighted by Crippen LogP contribution is 2.10. The van der Waals surface area contributed by atoms with E-state index in [0.717, 1.165) is 5.82 Å². The van der Waals surface area contributed by atoms with Crippen LogP contribution < -0.4 is 0 Å². The molecule has 2 aromatic heterocycles. The van der Waals surface area contributed by atoms with Crippen molar-refractivity contribution in [1.82, 2.24) is 9.38 Å². The lowest BCUT2D eigenvalue weighted by Gasteiger charge is -1.97. The van der Waals surface area contributed by atoms with Crippen LogP contribution in [0, 0.1) is 13.8 Å². The van der Waals surface area contributed by atoms with E-state index in [4.69, 9.17) is 0 Å². The number of aryl methyl sites for hydroxylation is 2. The normalized spacial score (nSPS) is 8.00. The molecule has 2 rings (SSSR count). The van der Waals surface area contributed by atoms with Crippen molar-refractivity contribution in [2.45, 2.75) is 55.4 Å². The molecular weight excluding hydrogens is 208 g/mol. The fourth-order valence-corrected chi connectivity index (χ4v) is 1.29. The topological polar surface area (TPSA) is 17.3 Å². The van der Waals surface area contributed by atoms with E-state index in [-0.39, 0.29) is 0 Å². The summed E-state index contributed by atoms with van der Waals surface area (Å²) in [7, 11) is 0. The summed E-state index contributed by atoms with van der Waals surface area (Å²) in [5.74, 6) is 1.05. The largest absolute Gasteiger partial charge is 0.304 e. The third-order valence-electron chi connectivity index (χ3n) is 1.97. The lowest BCUT2D eigenvalue weighted by atomic mass is 10.3. The number of aromatic nitrogens is 2. The first-order valence-electron chi connectivity index (χ1n) is 6.68. The highest BCUT2D eigenvalue weighted by atomic mass is 15.0. The van der Waals surface area contributed by atoms with Crippen LogP contribution in [0.4, 0.5) is 0 Å². The Morgan fingerprint density at radius 2 is 1.47 bits per heavy atom. The summed E-state index contributed by atoms with van der Waals surface area (Å²) in [6.45, 7) is 16.1. The first-order valence-corrected chi connectivity index (χ1v) is 6.68. The zero-order valence-corrected chi connectivity index (χ0v) is 12.7. The van der Waals surface area contributed by atoms with Gasteiger partial charge in [-0.15, -0.1) is 0 Å². The van der Waals surface area contributed by atoms with Gasteiger partial charge >= 0.3 is 0 Å². The summed E-state index contributed by atoms with van der Waals surface area (Å²) in [5.41, 5.74) is 2.47. The molecule has 0 bridgehead atoms. The number of imidazole rings is 1. The molecule has 0 atom stereocenters. The molecule has 0 amide bonds. The van der Waals surface area contributed by atoms with Crippen molar-refractivity contribution in [1.29, 1.82) is 0 Å². The Morgan fingerprint density at radius 3 is 1.94 bits per heavy atom. The number of rotatable bonds is 0. The molecular formula is C15H28N2. The van der Waals surface area contributed by atoms with Crippen LogP contribution in [-0.4, -0.2) is 9.38 Å². The van der Waals surface area contributed by atoms with Gasteiger partial charge in [-0.25, -0.2) is 4.98 Å². The summed E-state index contributed by atoms with van der Waals surface area (Å²) in [6.07, 6.45) is 3.94. The molecule has 0 unspecified atom stereocenters. The van der Waals surface area contributed by atoms with Crippen LogP contribution in [0.5, 0.6) is 0 Å². The highest BCUT2D eigenvalue weighted by molar-refractivity contribution is 5.52. The third-order valence-corrected chi connectivity index (χ3v) is 1.97. The van der Waals surface area contributed by atoms with Crippen LogP contribution >= 0.6 is 0 Å². The summed E-state index contributed by atoms with van der Waals surface area (Å²) in [5, 5.41) is 0. The van der Waals surface area contributed by atoms with E-state index in [2.05, 4.69) is 22.4 Å². The summed E-state index contributed by atoms with van der Waals surface area (Å²) in [4.78, 5) is 4.22. The molecule has 2 heterocycles. The van der Waals surface area contributed by atoms with Crippen LogP contribution in [0.25, 0.3) is 5.52 Å². The minimum atomic E-state index is 1.05. The zero-order chi connectivity index (χ0) is 13.8. The molecule has 17 heavy (non-hydrogen) atoms. The summed E-state index contributed by atoms with van der Waals surface area (Å²) in [6, 6.07) is 4.13. The maximum atomic E-state index is 4.22. The van der Waals surface area contributed by atoms with Gasteiger partial charge in [-0.1, -0.05) is 47.6 Å². The second-order valence-corrected chi connectivity index (χ2v) is 2.75. The molecule has 0 aliphatic heterocycles. The average Bonchev–Trinajstić information content (AvgIpc) is 2.80. The van der Waals surface area contributed by atoms with E-state index in [0.29, 0.717) is 0 Å². The molecule has 0 aliphatic carbocycles. The Balaban J connectivity index is 0. The number of hydrogen-bond acceptors (Lipinski definition) is 1. The van der Waals surface area contributed by atoms with Gasteiger partial charge in [0, 0.05) is 6.20 Å². The smallest absolute Gasteiger partial charge is 0.110 e. The van der Waals surface area contributed by atoms with E-state index >= 15 is 0 Å². The predicted octanol–water partition coefficient (Wildman–Crippen LogP) is 5.03. The second kappa shape index (κ2) is 11.2. The summed E-state index contributed by atoms with van der Waals surface area (Å²) < 4.78 is 2.09. The zero-order valence-electron chi connectivity index (χ0n) is 12.7. The fourth-order valence-electron chi connectivity index (χ4n) is 1.29. The monoisotopic (exact) mass is 236 g/mol. The number of hydrogen-bond donors (Lipinski definition) is 0. The van der Waals surface area contributed by atoms with Crippen LogP contribution in [0.3, 0.4) is 0 Å². The molecule has 2 aromatic rings. The molecule has 0 aliphatic rings. The minimum absolute atomic E-state index is 1.05. The van der Waals surface area contributed by atoms with E-state index in [1.165, 1.54) is 11.1 Å². The van der Waals surface area contributed by atoms with Gasteiger partial charge in [-0.2, -0.15) is 0 Å². The van der Waals surface area contributed by atoms with Gasteiger partial charge in [0.05, 0.1) is 11.7 Å². The molecule has 0 aromatic carbocycles. The van der Waals surface area contributed by atoms with Crippen LogP contribution in [-0.2, 0) is 0 Å². The van der Waals surface area contributed by atoms with Gasteiger partial charge in [-0.3, -0.25) is 0 Å². The Morgan fingerprint density at radius 1 is 0.941 bits per heavy atom. The quantitative estimate of drug-likeness (QED) is 0.627. The first-order chi connectivity index (χ1) is 8.29. The fraction of sp³-hybridized carbons (Fsp3) is 0.533. The van der Waals surface area contributed by atoms with Crippen molar-refractivity contribution in [3.63, 3.8) is 0 Å². The molecule has 2 nitrogen and oxygen atoms in total. The Hall–Kier alpha value is -1.31. The molecule has 0 radical (unpaired) electrons. The lowest BCUT2D eigenvalue weighted by molar-refractivity contribution is 1.04. The lowest BCUT2D eigenvalue weighted by Crippen LogP contribution is -1.87. The highest BCUT2D eigenvalue weighted by Gasteiger charge is 1.98. The molecule has 0 N–H and O–H groups in total. The predicted molar refractivity (Wildman–Crippen MR) is 78.7 cm³/mol. The van der Waals surface area contributed by atoms with Crippen LogP contribution in [0.15, 0.2) is 24.5 Å². The van der Waals surface area contributed by atoms with E-state index in [1.807, 2.05) is 66.9 Å². The number of fused-ring (bicyclic) bond motifs is 1. The molecule has 98 valence electrons. The number of pyridine rings is 1. The maximum Gasteiger partial charge on any atom is 0.110 e. The van der Waals surface area contributed by atoms with Crippen molar-refractivity contribution in [2.24, 2.45) is 0 Å².